The maximum absolute atomic E-state index is 5.25. The zero-order valence-corrected chi connectivity index (χ0v) is 10.2. The zero-order valence-electron chi connectivity index (χ0n) is 8.00. The van der Waals surface area contributed by atoms with Crippen molar-refractivity contribution in [3.05, 3.63) is 42.8 Å². The van der Waals surface area contributed by atoms with Gasteiger partial charge in [0.05, 0.1) is 6.61 Å². The van der Waals surface area contributed by atoms with Gasteiger partial charge in [-0.05, 0) is 5.56 Å². The molecule has 0 unspecified atom stereocenters. The Bertz CT molecular complexity index is 276. The van der Waals surface area contributed by atoms with Gasteiger partial charge in [-0.1, -0.05) is 30.3 Å². The fourth-order valence-electron chi connectivity index (χ4n) is 0.845. The van der Waals surface area contributed by atoms with E-state index in [1.807, 2.05) is 30.3 Å². The van der Waals surface area contributed by atoms with E-state index in [9.17, 15) is 0 Å². The second-order valence-electron chi connectivity index (χ2n) is 2.33. The third-order valence-corrected chi connectivity index (χ3v) is 1.41. The molecule has 0 bridgehead atoms. The number of benzene rings is 1. The molecule has 0 saturated carbocycles. The Labute approximate surface area is 108 Å². The zero-order chi connectivity index (χ0) is 8.65. The second kappa shape index (κ2) is 10.7. The molecule has 0 N–H and O–H groups in total. The Kier molecular flexibility index (Phi) is 12.4. The van der Waals surface area contributed by atoms with E-state index in [2.05, 4.69) is 18.8 Å². The Morgan fingerprint density at radius 1 is 1.21 bits per heavy atom. The van der Waals surface area contributed by atoms with E-state index < -0.39 is 0 Å². The molecule has 0 spiro atoms. The van der Waals surface area contributed by atoms with Crippen LogP contribution in [0.15, 0.2) is 30.3 Å². The van der Waals surface area contributed by atoms with Crippen LogP contribution in [0.5, 0.6) is 0 Å². The predicted octanol–water partition coefficient (Wildman–Crippen LogP) is -1.34. The van der Waals surface area contributed by atoms with Crippen molar-refractivity contribution < 1.29 is 17.1 Å². The van der Waals surface area contributed by atoms with Crippen molar-refractivity contribution in [1.29, 1.82) is 0 Å². The van der Waals surface area contributed by atoms with Gasteiger partial charge in [0.1, 0.15) is 0 Å². The third-order valence-electron chi connectivity index (χ3n) is 1.41. The molecular weight excluding hydrogens is 208 g/mol. The molecule has 1 rings (SSSR count). The van der Waals surface area contributed by atoms with Gasteiger partial charge in [-0.2, -0.15) is 6.92 Å². The normalized spacial score (nSPS) is 7.43. The Hall–Kier alpha value is -0.334. The Morgan fingerprint density at radius 2 is 1.86 bits per heavy atom. The fraction of sp³-hybridized carbons (Fsp3) is 0.182. The summed E-state index contributed by atoms with van der Waals surface area (Å²) in [6.07, 6.45) is 0. The van der Waals surface area contributed by atoms with E-state index in [0.717, 1.165) is 0 Å². The molecule has 0 aliphatic heterocycles. The minimum absolute atomic E-state index is 0. The maximum atomic E-state index is 5.25. The van der Waals surface area contributed by atoms with Crippen molar-refractivity contribution >= 4 is 23.1 Å². The molecule has 0 saturated heterocycles. The molecule has 14 heavy (non-hydrogen) atoms. The third kappa shape index (κ3) is 7.11. The molecule has 1 aromatic carbocycles. The largest absolute Gasteiger partial charge is 2.00 e. The topological polar surface area (TPSA) is 9.23 Å². The van der Waals surface area contributed by atoms with Crippen molar-refractivity contribution in [3.63, 3.8) is 0 Å². The van der Waals surface area contributed by atoms with Gasteiger partial charge >= 0.3 is 23.1 Å². The summed E-state index contributed by atoms with van der Waals surface area (Å²) in [6.45, 7) is 4.47. The van der Waals surface area contributed by atoms with Crippen LogP contribution in [-0.2, 0) is 11.3 Å². The van der Waals surface area contributed by atoms with Gasteiger partial charge in [-0.3, -0.25) is 5.92 Å². The van der Waals surface area contributed by atoms with Gasteiger partial charge < -0.3 is 23.1 Å². The minimum Gasteiger partial charge on any atom is -1.00 e. The van der Waals surface area contributed by atoms with E-state index in [0.29, 0.717) is 13.2 Å². The van der Waals surface area contributed by atoms with Crippen LogP contribution >= 0.6 is 0 Å². The summed E-state index contributed by atoms with van der Waals surface area (Å²) in [6, 6.07) is 10.0. The number of hydrogen-bond acceptors (Lipinski definition) is 1. The molecule has 3 heteroatoms. The van der Waals surface area contributed by atoms with Crippen molar-refractivity contribution in [2.24, 2.45) is 0 Å². The molecule has 1 aromatic rings. The van der Waals surface area contributed by atoms with Gasteiger partial charge in [0, 0.05) is 6.61 Å². The maximum Gasteiger partial charge on any atom is 2.00 e. The summed E-state index contributed by atoms with van der Waals surface area (Å²) in [5.74, 6) is 5.26. The summed E-state index contributed by atoms with van der Waals surface area (Å²) < 4.78 is 5.25. The Morgan fingerprint density at radius 3 is 2.43 bits per heavy atom. The average Bonchev–Trinajstić information content (AvgIpc) is 2.14. The van der Waals surface area contributed by atoms with Crippen LogP contribution < -0.4 is 12.4 Å². The molecule has 0 aromatic heterocycles. The van der Waals surface area contributed by atoms with Crippen molar-refractivity contribution in [1.82, 2.24) is 0 Å². The number of hydrogen-bond donors (Lipinski definition) is 0. The van der Waals surface area contributed by atoms with Crippen LogP contribution in [0.1, 0.15) is 5.56 Å². The van der Waals surface area contributed by atoms with E-state index in [4.69, 9.17) is 4.74 Å². The monoisotopic (exact) mass is 218 g/mol. The van der Waals surface area contributed by atoms with E-state index in [1.54, 1.807) is 0 Å². The summed E-state index contributed by atoms with van der Waals surface area (Å²) in [4.78, 5) is 0. The molecule has 70 valence electrons. The van der Waals surface area contributed by atoms with E-state index >= 15 is 0 Å². The number of rotatable bonds is 3. The van der Waals surface area contributed by atoms with E-state index in [1.165, 1.54) is 5.56 Å². The molecule has 0 radical (unpaired) electrons. The van der Waals surface area contributed by atoms with Crippen molar-refractivity contribution in [3.8, 4) is 11.8 Å². The SMILES string of the molecule is [CH2-]C#CCOCc1ccccc1.[Cl-].[Mg+2]. The fourth-order valence-corrected chi connectivity index (χ4v) is 0.845. The summed E-state index contributed by atoms with van der Waals surface area (Å²) in [7, 11) is 0. The van der Waals surface area contributed by atoms with E-state index in [-0.39, 0.29) is 35.5 Å². The summed E-state index contributed by atoms with van der Waals surface area (Å²) >= 11 is 0. The molecule has 1 nitrogen and oxygen atoms in total. The van der Waals surface area contributed by atoms with Gasteiger partial charge in [0.2, 0.25) is 0 Å². The molecule has 0 atom stereocenters. The van der Waals surface area contributed by atoms with Crippen LogP contribution in [-0.4, -0.2) is 29.7 Å². The minimum atomic E-state index is 0. The quantitative estimate of drug-likeness (QED) is 0.265. The van der Waals surface area contributed by atoms with Crippen LogP contribution in [0.3, 0.4) is 0 Å². The molecule has 0 aliphatic carbocycles. The number of halogens is 1. The molecular formula is C11H11ClMgO. The van der Waals surface area contributed by atoms with Crippen molar-refractivity contribution in [2.75, 3.05) is 6.61 Å². The van der Waals surface area contributed by atoms with Crippen LogP contribution in [0.4, 0.5) is 0 Å². The van der Waals surface area contributed by atoms with Crippen molar-refractivity contribution in [2.45, 2.75) is 6.61 Å². The molecule has 0 amide bonds. The summed E-state index contributed by atoms with van der Waals surface area (Å²) in [5.41, 5.74) is 1.17. The standard InChI is InChI=1S/C11H11O.ClH.Mg/c1-2-3-9-12-10-11-7-5-4-6-8-11;;/h4-8H,1,9-10H2;1H;/q-1;;+2/p-1. The second-order valence-corrected chi connectivity index (χ2v) is 2.33. The molecule has 0 aliphatic rings. The number of ether oxygens (including phenoxy) is 1. The molecule has 0 heterocycles. The Balaban J connectivity index is 0. The van der Waals surface area contributed by atoms with Gasteiger partial charge in [-0.25, -0.2) is 0 Å². The van der Waals surface area contributed by atoms with Gasteiger partial charge in [-0.15, -0.1) is 0 Å². The van der Waals surface area contributed by atoms with Gasteiger partial charge in [0.25, 0.3) is 0 Å². The molecule has 0 fully saturated rings. The average molecular weight is 219 g/mol. The first-order valence-electron chi connectivity index (χ1n) is 3.80. The smallest absolute Gasteiger partial charge is 1.00 e. The first kappa shape index (κ1) is 16.1. The van der Waals surface area contributed by atoms with Crippen LogP contribution in [0.25, 0.3) is 0 Å². The summed E-state index contributed by atoms with van der Waals surface area (Å²) in [5, 5.41) is 0. The first-order chi connectivity index (χ1) is 5.93. The van der Waals surface area contributed by atoms with Crippen LogP contribution in [0.2, 0.25) is 0 Å². The van der Waals surface area contributed by atoms with Crippen LogP contribution in [0, 0.1) is 18.8 Å². The predicted molar refractivity (Wildman–Crippen MR) is 55.0 cm³/mol. The first-order valence-corrected chi connectivity index (χ1v) is 3.80. The van der Waals surface area contributed by atoms with Gasteiger partial charge in [0.15, 0.2) is 0 Å².